The number of carbonyl (C=O) groups is 3. The van der Waals surface area contributed by atoms with E-state index in [9.17, 15) is 23.9 Å². The summed E-state index contributed by atoms with van der Waals surface area (Å²) >= 11 is 0. The first-order chi connectivity index (χ1) is 15.9. The summed E-state index contributed by atoms with van der Waals surface area (Å²) in [6.45, 7) is 1.47. The Labute approximate surface area is 192 Å². The molecule has 1 aliphatic heterocycles. The molecule has 0 radical (unpaired) electrons. The van der Waals surface area contributed by atoms with Gasteiger partial charge in [0, 0.05) is 13.0 Å². The molecule has 2 aromatic carbocycles. The number of aliphatic hydroxyl groups is 1. The molecule has 0 aromatic heterocycles. The normalized spacial score (nSPS) is 18.6. The molecule has 176 valence electrons. The van der Waals surface area contributed by atoms with Gasteiger partial charge in [-0.3, -0.25) is 9.59 Å². The van der Waals surface area contributed by atoms with Crippen LogP contribution in [0.15, 0.2) is 54.6 Å². The van der Waals surface area contributed by atoms with E-state index in [0.717, 1.165) is 18.4 Å². The minimum Gasteiger partial charge on any atom is -0.454 e. The van der Waals surface area contributed by atoms with Crippen LogP contribution in [0.25, 0.3) is 0 Å². The fourth-order valence-corrected chi connectivity index (χ4v) is 3.98. The van der Waals surface area contributed by atoms with Crippen LogP contribution in [0.3, 0.4) is 0 Å². The average Bonchev–Trinajstić information content (AvgIpc) is 3.21. The van der Waals surface area contributed by atoms with Gasteiger partial charge in [0.1, 0.15) is 11.9 Å². The second-order valence-electron chi connectivity index (χ2n) is 8.15. The topological polar surface area (TPSA) is 95.9 Å². The number of aliphatic hydroxyl groups excluding tert-OH is 1. The van der Waals surface area contributed by atoms with Gasteiger partial charge in [-0.1, -0.05) is 61.9 Å². The molecule has 3 unspecified atom stereocenters. The maximum absolute atomic E-state index is 13.9. The molecule has 1 fully saturated rings. The van der Waals surface area contributed by atoms with E-state index >= 15 is 0 Å². The molecule has 8 heteroatoms. The van der Waals surface area contributed by atoms with Crippen LogP contribution in [0, 0.1) is 5.82 Å². The molecule has 1 heterocycles. The van der Waals surface area contributed by atoms with Crippen molar-refractivity contribution >= 4 is 17.8 Å². The number of nitrogens with zero attached hydrogens (tertiary/aromatic N) is 1. The molecule has 0 spiro atoms. The van der Waals surface area contributed by atoms with Crippen LogP contribution < -0.4 is 5.32 Å². The lowest BCUT2D eigenvalue weighted by Crippen LogP contribution is -2.43. The third kappa shape index (κ3) is 6.61. The van der Waals surface area contributed by atoms with Gasteiger partial charge in [0.15, 0.2) is 6.61 Å². The van der Waals surface area contributed by atoms with Crippen LogP contribution >= 0.6 is 0 Å². The summed E-state index contributed by atoms with van der Waals surface area (Å²) in [4.78, 5) is 38.9. The van der Waals surface area contributed by atoms with Gasteiger partial charge in [0.25, 0.3) is 5.91 Å². The van der Waals surface area contributed by atoms with E-state index in [1.54, 1.807) is 6.07 Å². The summed E-state index contributed by atoms with van der Waals surface area (Å²) in [5, 5.41) is 12.9. The molecule has 33 heavy (non-hydrogen) atoms. The minimum absolute atomic E-state index is 0.00589. The maximum Gasteiger partial charge on any atom is 0.329 e. The second-order valence-corrected chi connectivity index (χ2v) is 8.15. The number of likely N-dealkylation sites (tertiary alicyclic amines) is 1. The fourth-order valence-electron chi connectivity index (χ4n) is 3.98. The molecule has 1 aliphatic rings. The van der Waals surface area contributed by atoms with Crippen molar-refractivity contribution in [3.63, 3.8) is 0 Å². The predicted molar refractivity (Wildman–Crippen MR) is 119 cm³/mol. The Bertz CT molecular complexity index is 968. The molecule has 2 amide bonds. The van der Waals surface area contributed by atoms with Crippen LogP contribution in [-0.2, 0) is 25.5 Å². The number of amides is 2. The van der Waals surface area contributed by atoms with Gasteiger partial charge in [-0.25, -0.2) is 9.18 Å². The van der Waals surface area contributed by atoms with Crippen LogP contribution in [0.2, 0.25) is 0 Å². The van der Waals surface area contributed by atoms with Gasteiger partial charge in [0.05, 0.1) is 18.6 Å². The number of esters is 1. The molecule has 3 atom stereocenters. The van der Waals surface area contributed by atoms with E-state index in [0.29, 0.717) is 0 Å². The monoisotopic (exact) mass is 456 g/mol. The molecule has 1 saturated heterocycles. The summed E-state index contributed by atoms with van der Waals surface area (Å²) in [7, 11) is 0. The SMILES string of the molecule is CCCC(NC(=O)COC(=O)C1CC(O)CN1C(=O)Cc1ccccc1F)c1ccccc1. The molecule has 7 nitrogen and oxygen atoms in total. The van der Waals surface area contributed by atoms with Crippen molar-refractivity contribution in [2.24, 2.45) is 0 Å². The van der Waals surface area contributed by atoms with Gasteiger partial charge in [-0.05, 0) is 23.6 Å². The number of ether oxygens (including phenoxy) is 1. The van der Waals surface area contributed by atoms with E-state index in [4.69, 9.17) is 4.74 Å². The van der Waals surface area contributed by atoms with E-state index in [1.165, 1.54) is 23.1 Å². The third-order valence-electron chi connectivity index (χ3n) is 5.63. The Morgan fingerprint density at radius 3 is 2.55 bits per heavy atom. The first-order valence-corrected chi connectivity index (χ1v) is 11.1. The molecular weight excluding hydrogens is 427 g/mol. The molecule has 0 aliphatic carbocycles. The third-order valence-corrected chi connectivity index (χ3v) is 5.63. The second kappa shape index (κ2) is 11.6. The first-order valence-electron chi connectivity index (χ1n) is 11.1. The quantitative estimate of drug-likeness (QED) is 0.566. The predicted octanol–water partition coefficient (Wildman–Crippen LogP) is 2.53. The standard InChI is InChI=1S/C25H29FN2O5/c1-2-8-21(17-9-4-3-5-10-17)27-23(30)16-33-25(32)22-14-19(29)15-28(22)24(31)13-18-11-6-7-12-20(18)26/h3-7,9-12,19,21-22,29H,2,8,13-16H2,1H3,(H,27,30). The van der Waals surface area contributed by atoms with Crippen molar-refractivity contribution in [1.29, 1.82) is 0 Å². The van der Waals surface area contributed by atoms with Gasteiger partial charge < -0.3 is 20.1 Å². The van der Waals surface area contributed by atoms with Crippen molar-refractivity contribution in [1.82, 2.24) is 10.2 Å². The Kier molecular flexibility index (Phi) is 8.54. The summed E-state index contributed by atoms with van der Waals surface area (Å²) in [5.41, 5.74) is 1.17. The number of nitrogens with one attached hydrogen (secondary N) is 1. The Balaban J connectivity index is 1.57. The number of halogens is 1. The van der Waals surface area contributed by atoms with Crippen LogP contribution in [-0.4, -0.2) is 53.1 Å². The van der Waals surface area contributed by atoms with Crippen molar-refractivity contribution in [3.05, 3.63) is 71.5 Å². The smallest absolute Gasteiger partial charge is 0.329 e. The average molecular weight is 457 g/mol. The Morgan fingerprint density at radius 2 is 1.85 bits per heavy atom. The van der Waals surface area contributed by atoms with Crippen molar-refractivity contribution in [3.8, 4) is 0 Å². The summed E-state index contributed by atoms with van der Waals surface area (Å²) < 4.78 is 19.1. The number of hydrogen-bond acceptors (Lipinski definition) is 5. The molecule has 0 saturated carbocycles. The van der Waals surface area contributed by atoms with Crippen LogP contribution in [0.5, 0.6) is 0 Å². The number of rotatable bonds is 9. The fraction of sp³-hybridized carbons (Fsp3) is 0.400. The largest absolute Gasteiger partial charge is 0.454 e. The summed E-state index contributed by atoms with van der Waals surface area (Å²) in [6.07, 6.45) is 0.467. The number of benzene rings is 2. The highest BCUT2D eigenvalue weighted by atomic mass is 19.1. The minimum atomic E-state index is -1.02. The highest BCUT2D eigenvalue weighted by Crippen LogP contribution is 2.22. The van der Waals surface area contributed by atoms with Crippen molar-refractivity contribution in [2.45, 2.75) is 50.8 Å². The molecule has 0 bridgehead atoms. The Morgan fingerprint density at radius 1 is 1.15 bits per heavy atom. The zero-order valence-electron chi connectivity index (χ0n) is 18.6. The Hall–Kier alpha value is -3.26. The molecule has 2 N–H and O–H groups in total. The lowest BCUT2D eigenvalue weighted by atomic mass is 10.0. The number of hydrogen-bond donors (Lipinski definition) is 2. The summed E-state index contributed by atoms with van der Waals surface area (Å²) in [5.74, 6) is -2.22. The number of β-amino-alcohol motifs (C(OH)–C–C–N with tert-alkyl or cyclic N) is 1. The zero-order chi connectivity index (χ0) is 23.8. The van der Waals surface area contributed by atoms with Gasteiger partial charge >= 0.3 is 5.97 Å². The van der Waals surface area contributed by atoms with Crippen molar-refractivity contribution in [2.75, 3.05) is 13.2 Å². The van der Waals surface area contributed by atoms with Gasteiger partial charge in [-0.15, -0.1) is 0 Å². The highest BCUT2D eigenvalue weighted by molar-refractivity contribution is 5.88. The van der Waals surface area contributed by atoms with E-state index < -0.39 is 42.4 Å². The molecular formula is C25H29FN2O5. The highest BCUT2D eigenvalue weighted by Gasteiger charge is 2.40. The van der Waals surface area contributed by atoms with E-state index in [2.05, 4.69) is 5.32 Å². The van der Waals surface area contributed by atoms with Gasteiger partial charge in [0.2, 0.25) is 5.91 Å². The van der Waals surface area contributed by atoms with E-state index in [1.807, 2.05) is 37.3 Å². The van der Waals surface area contributed by atoms with Crippen LogP contribution in [0.1, 0.15) is 43.4 Å². The number of carbonyl (C=O) groups excluding carboxylic acids is 3. The maximum atomic E-state index is 13.9. The van der Waals surface area contributed by atoms with E-state index in [-0.39, 0.29) is 31.0 Å². The first kappa shape index (κ1) is 24.4. The molecule has 3 rings (SSSR count). The zero-order valence-corrected chi connectivity index (χ0v) is 18.6. The lowest BCUT2D eigenvalue weighted by Gasteiger charge is -2.23. The summed E-state index contributed by atoms with van der Waals surface area (Å²) in [6, 6.07) is 14.2. The van der Waals surface area contributed by atoms with Crippen molar-refractivity contribution < 1.29 is 28.6 Å². The molecule has 2 aromatic rings. The van der Waals surface area contributed by atoms with Crippen LogP contribution in [0.4, 0.5) is 4.39 Å². The lowest BCUT2D eigenvalue weighted by molar-refractivity contribution is -0.156. The van der Waals surface area contributed by atoms with Gasteiger partial charge in [-0.2, -0.15) is 0 Å².